The fraction of sp³-hybridized carbons (Fsp3) is 0.778. The second-order valence-corrected chi connectivity index (χ2v) is 4.28. The van der Waals surface area contributed by atoms with Crippen molar-refractivity contribution in [1.82, 2.24) is 10.1 Å². The van der Waals surface area contributed by atoms with E-state index in [2.05, 4.69) is 17.1 Å². The normalized spacial score (nSPS) is 13.1. The smallest absolute Gasteiger partial charge is 0.226 e. The quantitative estimate of drug-likeness (QED) is 0.778. The highest BCUT2D eigenvalue weighted by Gasteiger charge is 2.07. The Labute approximate surface area is 88.6 Å². The molecule has 1 rings (SSSR count). The topological polar surface area (TPSA) is 64.9 Å². The molecule has 4 nitrogen and oxygen atoms in total. The van der Waals surface area contributed by atoms with Gasteiger partial charge in [-0.25, -0.2) is 0 Å². The molecule has 0 aliphatic carbocycles. The predicted octanol–water partition coefficient (Wildman–Crippen LogP) is 1.46. The molecule has 0 aliphatic heterocycles. The van der Waals surface area contributed by atoms with E-state index in [0.29, 0.717) is 12.5 Å². The Morgan fingerprint density at radius 3 is 3.00 bits per heavy atom. The highest BCUT2D eigenvalue weighted by atomic mass is 32.2. The Morgan fingerprint density at radius 2 is 2.36 bits per heavy atom. The monoisotopic (exact) mass is 215 g/mol. The van der Waals surface area contributed by atoms with Gasteiger partial charge in [-0.3, -0.25) is 0 Å². The minimum absolute atomic E-state index is 0.519. The van der Waals surface area contributed by atoms with E-state index >= 15 is 0 Å². The van der Waals surface area contributed by atoms with Crippen LogP contribution in [0.2, 0.25) is 0 Å². The van der Waals surface area contributed by atoms with Crippen molar-refractivity contribution in [2.45, 2.75) is 25.5 Å². The summed E-state index contributed by atoms with van der Waals surface area (Å²) in [7, 11) is 0. The molecule has 1 aromatic rings. The molecule has 0 aliphatic rings. The fourth-order valence-electron chi connectivity index (χ4n) is 1.07. The van der Waals surface area contributed by atoms with Crippen LogP contribution in [0, 0.1) is 5.92 Å². The number of rotatable bonds is 6. The van der Waals surface area contributed by atoms with Crippen molar-refractivity contribution < 1.29 is 4.52 Å². The van der Waals surface area contributed by atoms with Crippen LogP contribution in [0.3, 0.4) is 0 Å². The Morgan fingerprint density at radius 1 is 1.57 bits per heavy atom. The van der Waals surface area contributed by atoms with Crippen LogP contribution in [0.15, 0.2) is 4.52 Å². The second kappa shape index (κ2) is 6.03. The summed E-state index contributed by atoms with van der Waals surface area (Å²) in [5.74, 6) is 2.85. The molecular formula is C9H17N3OS. The van der Waals surface area contributed by atoms with Gasteiger partial charge in [0.2, 0.25) is 5.89 Å². The van der Waals surface area contributed by atoms with Crippen molar-refractivity contribution in [3.63, 3.8) is 0 Å². The zero-order valence-corrected chi connectivity index (χ0v) is 9.51. The van der Waals surface area contributed by atoms with E-state index in [1.54, 1.807) is 11.8 Å². The van der Waals surface area contributed by atoms with Crippen LogP contribution < -0.4 is 5.73 Å². The lowest BCUT2D eigenvalue weighted by atomic mass is 10.1. The molecule has 0 aromatic carbocycles. The zero-order chi connectivity index (χ0) is 10.4. The SMILES string of the molecule is CSCc1noc(CCC(C)CN)n1. The first-order valence-corrected chi connectivity index (χ1v) is 6.16. The zero-order valence-electron chi connectivity index (χ0n) is 8.69. The number of hydrogen-bond acceptors (Lipinski definition) is 5. The van der Waals surface area contributed by atoms with Crippen LogP contribution in [0.5, 0.6) is 0 Å². The van der Waals surface area contributed by atoms with Crippen LogP contribution in [-0.4, -0.2) is 22.9 Å². The molecule has 1 unspecified atom stereocenters. The third-order valence-corrected chi connectivity index (χ3v) is 2.58. The van der Waals surface area contributed by atoms with Gasteiger partial charge in [-0.2, -0.15) is 16.7 Å². The second-order valence-electron chi connectivity index (χ2n) is 3.42. The summed E-state index contributed by atoms with van der Waals surface area (Å²) in [4.78, 5) is 4.27. The van der Waals surface area contributed by atoms with Crippen molar-refractivity contribution in [3.05, 3.63) is 11.7 Å². The summed E-state index contributed by atoms with van der Waals surface area (Å²) in [5, 5.41) is 3.87. The van der Waals surface area contributed by atoms with Crippen molar-refractivity contribution in [3.8, 4) is 0 Å². The number of aromatic nitrogens is 2. The molecule has 0 radical (unpaired) electrons. The minimum atomic E-state index is 0.519. The van der Waals surface area contributed by atoms with Gasteiger partial charge in [0.25, 0.3) is 0 Å². The molecule has 2 N–H and O–H groups in total. The van der Waals surface area contributed by atoms with E-state index in [0.717, 1.165) is 30.3 Å². The Kier molecular flexibility index (Phi) is 4.97. The number of hydrogen-bond donors (Lipinski definition) is 1. The molecule has 0 amide bonds. The fourth-order valence-corrected chi connectivity index (χ4v) is 1.44. The van der Waals surface area contributed by atoms with E-state index < -0.39 is 0 Å². The van der Waals surface area contributed by atoms with Gasteiger partial charge >= 0.3 is 0 Å². The van der Waals surface area contributed by atoms with Crippen molar-refractivity contribution in [1.29, 1.82) is 0 Å². The molecule has 0 bridgehead atoms. The van der Waals surface area contributed by atoms with Crippen LogP contribution >= 0.6 is 11.8 Å². The van der Waals surface area contributed by atoms with Crippen LogP contribution in [0.25, 0.3) is 0 Å². The Balaban J connectivity index is 2.35. The van der Waals surface area contributed by atoms with Crippen molar-refractivity contribution in [2.75, 3.05) is 12.8 Å². The van der Waals surface area contributed by atoms with Gasteiger partial charge in [-0.15, -0.1) is 0 Å². The van der Waals surface area contributed by atoms with E-state index in [9.17, 15) is 0 Å². The highest BCUT2D eigenvalue weighted by molar-refractivity contribution is 7.97. The number of nitrogens with two attached hydrogens (primary N) is 1. The van der Waals surface area contributed by atoms with Crippen molar-refractivity contribution in [2.24, 2.45) is 11.7 Å². The molecule has 0 saturated carbocycles. The highest BCUT2D eigenvalue weighted by Crippen LogP contribution is 2.09. The van der Waals surface area contributed by atoms with Gasteiger partial charge in [0.1, 0.15) is 0 Å². The van der Waals surface area contributed by atoms with Gasteiger partial charge < -0.3 is 10.3 Å². The molecule has 5 heteroatoms. The van der Waals surface area contributed by atoms with Gasteiger partial charge in [-0.05, 0) is 25.1 Å². The third-order valence-electron chi connectivity index (χ3n) is 2.04. The summed E-state index contributed by atoms with van der Waals surface area (Å²) < 4.78 is 5.10. The summed E-state index contributed by atoms with van der Waals surface area (Å²) in [6, 6.07) is 0. The predicted molar refractivity (Wildman–Crippen MR) is 58.1 cm³/mol. The largest absolute Gasteiger partial charge is 0.339 e. The summed E-state index contributed by atoms with van der Waals surface area (Å²) in [6.45, 7) is 2.84. The van der Waals surface area contributed by atoms with Gasteiger partial charge in [0.15, 0.2) is 5.82 Å². The Bertz CT molecular complexity index is 264. The first kappa shape index (κ1) is 11.5. The lowest BCUT2D eigenvalue weighted by molar-refractivity contribution is 0.362. The maximum atomic E-state index is 5.52. The number of aryl methyl sites for hydroxylation is 1. The van der Waals surface area contributed by atoms with Crippen LogP contribution in [0.1, 0.15) is 25.1 Å². The van der Waals surface area contributed by atoms with Gasteiger partial charge in [0.05, 0.1) is 5.75 Å². The molecule has 14 heavy (non-hydrogen) atoms. The number of nitrogens with zero attached hydrogens (tertiary/aromatic N) is 2. The molecule has 1 aromatic heterocycles. The van der Waals surface area contributed by atoms with Gasteiger partial charge in [-0.1, -0.05) is 12.1 Å². The summed E-state index contributed by atoms with van der Waals surface area (Å²) in [5.41, 5.74) is 5.52. The first-order valence-electron chi connectivity index (χ1n) is 4.76. The molecule has 1 atom stereocenters. The average Bonchev–Trinajstić information content (AvgIpc) is 2.63. The lowest BCUT2D eigenvalue weighted by Gasteiger charge is -2.03. The molecule has 0 saturated heterocycles. The summed E-state index contributed by atoms with van der Waals surface area (Å²) >= 11 is 1.69. The minimum Gasteiger partial charge on any atom is -0.339 e. The number of thioether (sulfide) groups is 1. The standard InChI is InChI=1S/C9H17N3OS/c1-7(5-10)3-4-9-11-8(6-14-2)12-13-9/h7H,3-6,10H2,1-2H3. The van der Waals surface area contributed by atoms with E-state index in [1.165, 1.54) is 0 Å². The molecule has 0 fully saturated rings. The van der Waals surface area contributed by atoms with E-state index in [-0.39, 0.29) is 0 Å². The van der Waals surface area contributed by atoms with Crippen molar-refractivity contribution >= 4 is 11.8 Å². The third kappa shape index (κ3) is 3.67. The molecular weight excluding hydrogens is 198 g/mol. The maximum absolute atomic E-state index is 5.52. The first-order chi connectivity index (χ1) is 6.76. The lowest BCUT2D eigenvalue weighted by Crippen LogP contribution is -2.11. The van der Waals surface area contributed by atoms with E-state index in [4.69, 9.17) is 10.3 Å². The maximum Gasteiger partial charge on any atom is 0.226 e. The van der Waals surface area contributed by atoms with E-state index in [1.807, 2.05) is 6.26 Å². The molecule has 1 heterocycles. The van der Waals surface area contributed by atoms with Gasteiger partial charge in [0, 0.05) is 6.42 Å². The van der Waals surface area contributed by atoms with Crippen LogP contribution in [-0.2, 0) is 12.2 Å². The average molecular weight is 215 g/mol. The molecule has 0 spiro atoms. The molecule has 80 valence electrons. The summed E-state index contributed by atoms with van der Waals surface area (Å²) in [6.07, 6.45) is 3.86. The Hall–Kier alpha value is -0.550. The van der Waals surface area contributed by atoms with Crippen LogP contribution in [0.4, 0.5) is 0 Å².